The number of thiophene rings is 1. The second-order valence-corrected chi connectivity index (χ2v) is 15.2. The van der Waals surface area contributed by atoms with Crippen LogP contribution in [0.15, 0.2) is 77.0 Å². The number of nitrogens with one attached hydrogen (secondary N) is 1. The van der Waals surface area contributed by atoms with E-state index < -0.39 is 33.5 Å². The Balaban J connectivity index is 1.29. The first-order valence-corrected chi connectivity index (χ1v) is 17.7. The highest BCUT2D eigenvalue weighted by Gasteiger charge is 2.50. The summed E-state index contributed by atoms with van der Waals surface area (Å²) >= 11 is 6.92. The van der Waals surface area contributed by atoms with Crippen LogP contribution in [0.1, 0.15) is 44.1 Å². The summed E-state index contributed by atoms with van der Waals surface area (Å²) < 4.78 is 68.7. The van der Waals surface area contributed by atoms with Crippen LogP contribution in [-0.4, -0.2) is 50.5 Å². The van der Waals surface area contributed by atoms with Crippen molar-refractivity contribution in [3.63, 3.8) is 0 Å². The molecule has 3 aromatic carbocycles. The third kappa shape index (κ3) is 7.02. The third-order valence-corrected chi connectivity index (χ3v) is 11.8. The number of carbonyl (C=O) groups excluding carboxylic acids is 1. The SMILES string of the molecule is NC1CCN(C(=O)[C@@H](NS(=O)(=O)c2cc3ccc(OC4CCCC4)cc3s2)C(F)(F)c2ccc(-c3ccc(Cl)cc3)cc2)CC1. The van der Waals surface area contributed by atoms with Gasteiger partial charge in [-0.25, -0.2) is 8.42 Å². The second kappa shape index (κ2) is 13.0. The summed E-state index contributed by atoms with van der Waals surface area (Å²) in [5, 5.41) is 1.18. The number of fused-ring (bicyclic) bond motifs is 1. The number of halogens is 3. The normalized spacial score (nSPS) is 17.6. The Labute approximate surface area is 270 Å². The number of rotatable bonds is 9. The summed E-state index contributed by atoms with van der Waals surface area (Å²) in [6.45, 7) is 0.326. The van der Waals surface area contributed by atoms with Gasteiger partial charge in [-0.2, -0.15) is 13.5 Å². The van der Waals surface area contributed by atoms with Gasteiger partial charge in [0.15, 0.2) is 6.04 Å². The van der Waals surface area contributed by atoms with Crippen LogP contribution in [0.5, 0.6) is 5.75 Å². The van der Waals surface area contributed by atoms with Crippen molar-refractivity contribution in [3.8, 4) is 16.9 Å². The van der Waals surface area contributed by atoms with Gasteiger partial charge >= 0.3 is 0 Å². The zero-order valence-electron chi connectivity index (χ0n) is 24.4. The molecule has 2 fully saturated rings. The average molecular weight is 674 g/mol. The van der Waals surface area contributed by atoms with E-state index in [1.807, 2.05) is 0 Å². The number of carbonyl (C=O) groups is 1. The highest BCUT2D eigenvalue weighted by molar-refractivity contribution is 7.91. The van der Waals surface area contributed by atoms with Gasteiger partial charge in [-0.3, -0.25) is 4.79 Å². The molecule has 0 spiro atoms. The van der Waals surface area contributed by atoms with E-state index in [9.17, 15) is 13.2 Å². The van der Waals surface area contributed by atoms with Gasteiger partial charge in [0.05, 0.1) is 6.10 Å². The number of piperidine rings is 1. The standard InChI is InChI=1S/C33H34ClF2N3O4S2/c34-25-12-7-22(8-13-25)21-5-10-24(11-6-21)33(35,36)31(32(40)39-17-15-26(37)16-18-39)38-45(41,42)30-19-23-9-14-28(20-29(23)44-30)43-27-3-1-2-4-27/h5-14,19-20,26-27,31,38H,1-4,15-18,37H2/t31-/m1/s1. The summed E-state index contributed by atoms with van der Waals surface area (Å²) in [5.41, 5.74) is 6.93. The minimum atomic E-state index is -4.53. The molecular weight excluding hydrogens is 640 g/mol. The van der Waals surface area contributed by atoms with E-state index in [0.717, 1.165) is 42.6 Å². The van der Waals surface area contributed by atoms with Crippen LogP contribution in [0.25, 0.3) is 21.2 Å². The van der Waals surface area contributed by atoms with E-state index in [-0.39, 0.29) is 29.4 Å². The highest BCUT2D eigenvalue weighted by atomic mass is 35.5. The molecule has 4 aromatic rings. The van der Waals surface area contributed by atoms with E-state index in [1.54, 1.807) is 42.5 Å². The van der Waals surface area contributed by atoms with Crippen molar-refractivity contribution in [1.29, 1.82) is 0 Å². The molecule has 6 rings (SSSR count). The van der Waals surface area contributed by atoms with Crippen molar-refractivity contribution in [2.24, 2.45) is 5.73 Å². The Hall–Kier alpha value is -3.09. The van der Waals surface area contributed by atoms with Crippen LogP contribution in [0.3, 0.4) is 0 Å². The average Bonchev–Trinajstić information content (AvgIpc) is 3.71. The number of nitrogens with two attached hydrogens (primary N) is 1. The Morgan fingerprint density at radius 2 is 1.58 bits per heavy atom. The summed E-state index contributed by atoms with van der Waals surface area (Å²) in [6.07, 6.45) is 5.18. The van der Waals surface area contributed by atoms with Crippen LogP contribution in [0.2, 0.25) is 5.02 Å². The van der Waals surface area contributed by atoms with E-state index in [2.05, 4.69) is 4.72 Å². The van der Waals surface area contributed by atoms with Crippen molar-refractivity contribution in [2.75, 3.05) is 13.1 Å². The molecule has 1 atom stereocenters. The molecule has 1 amide bonds. The number of likely N-dealkylation sites (tertiary alicyclic amines) is 1. The molecule has 12 heteroatoms. The Bertz CT molecular complexity index is 1770. The highest BCUT2D eigenvalue weighted by Crippen LogP contribution is 2.38. The zero-order chi connectivity index (χ0) is 31.8. The molecule has 0 unspecified atom stereocenters. The van der Waals surface area contributed by atoms with Crippen LogP contribution < -0.4 is 15.2 Å². The fourth-order valence-corrected chi connectivity index (χ4v) is 8.64. The summed E-state index contributed by atoms with van der Waals surface area (Å²) in [5.74, 6) is -4.23. The van der Waals surface area contributed by atoms with E-state index in [4.69, 9.17) is 22.1 Å². The van der Waals surface area contributed by atoms with Gasteiger partial charge in [0.1, 0.15) is 9.96 Å². The van der Waals surface area contributed by atoms with Crippen LogP contribution >= 0.6 is 22.9 Å². The first kappa shape index (κ1) is 31.9. The number of benzene rings is 3. The predicted molar refractivity (Wildman–Crippen MR) is 173 cm³/mol. The Kier molecular flexibility index (Phi) is 9.18. The quantitative estimate of drug-likeness (QED) is 0.201. The first-order valence-electron chi connectivity index (χ1n) is 15.0. The molecule has 1 aliphatic carbocycles. The topological polar surface area (TPSA) is 102 Å². The number of hydrogen-bond acceptors (Lipinski definition) is 6. The molecule has 0 bridgehead atoms. The van der Waals surface area contributed by atoms with Crippen molar-refractivity contribution in [1.82, 2.24) is 9.62 Å². The Morgan fingerprint density at radius 3 is 2.22 bits per heavy atom. The monoisotopic (exact) mass is 673 g/mol. The van der Waals surface area contributed by atoms with Crippen molar-refractivity contribution in [3.05, 3.63) is 83.4 Å². The molecule has 1 saturated heterocycles. The molecule has 1 saturated carbocycles. The van der Waals surface area contributed by atoms with Gasteiger partial charge in [-0.05, 0) is 91.4 Å². The minimum absolute atomic E-state index is 0.130. The summed E-state index contributed by atoms with van der Waals surface area (Å²) in [6, 6.07) is 16.6. The van der Waals surface area contributed by atoms with E-state index in [0.29, 0.717) is 39.3 Å². The number of alkyl halides is 2. The number of amides is 1. The number of ether oxygens (including phenoxy) is 1. The summed E-state index contributed by atoms with van der Waals surface area (Å²) in [4.78, 5) is 15.0. The molecule has 238 valence electrons. The lowest BCUT2D eigenvalue weighted by molar-refractivity contribution is -0.145. The molecule has 3 N–H and O–H groups in total. The molecular formula is C33H34ClF2N3O4S2. The smallest absolute Gasteiger partial charge is 0.298 e. The van der Waals surface area contributed by atoms with Gasteiger partial charge in [-0.15, -0.1) is 11.3 Å². The number of hydrogen-bond donors (Lipinski definition) is 2. The molecule has 0 radical (unpaired) electrons. The molecule has 2 aliphatic rings. The lowest BCUT2D eigenvalue weighted by atomic mass is 9.96. The molecule has 1 aliphatic heterocycles. The maximum atomic E-state index is 16.4. The van der Waals surface area contributed by atoms with Gasteiger partial charge in [0.2, 0.25) is 5.91 Å². The van der Waals surface area contributed by atoms with Crippen molar-refractivity contribution in [2.45, 2.75) is 66.8 Å². The van der Waals surface area contributed by atoms with Gasteiger partial charge in [0.25, 0.3) is 15.9 Å². The fourth-order valence-electron chi connectivity index (χ4n) is 5.88. The van der Waals surface area contributed by atoms with Crippen LogP contribution in [0, 0.1) is 0 Å². The van der Waals surface area contributed by atoms with Gasteiger partial charge < -0.3 is 15.4 Å². The lowest BCUT2D eigenvalue weighted by Crippen LogP contribution is -2.57. The lowest BCUT2D eigenvalue weighted by Gasteiger charge is -2.35. The first-order chi connectivity index (χ1) is 21.5. The zero-order valence-corrected chi connectivity index (χ0v) is 26.8. The Morgan fingerprint density at radius 1 is 0.956 bits per heavy atom. The molecule has 1 aromatic heterocycles. The third-order valence-electron chi connectivity index (χ3n) is 8.52. The van der Waals surface area contributed by atoms with Crippen LogP contribution in [0.4, 0.5) is 8.78 Å². The molecule has 7 nitrogen and oxygen atoms in total. The van der Waals surface area contributed by atoms with Gasteiger partial charge in [0, 0.05) is 34.4 Å². The minimum Gasteiger partial charge on any atom is -0.490 e. The molecule has 2 heterocycles. The maximum absolute atomic E-state index is 16.4. The van der Waals surface area contributed by atoms with E-state index >= 15 is 8.78 Å². The predicted octanol–water partition coefficient (Wildman–Crippen LogP) is 6.93. The maximum Gasteiger partial charge on any atom is 0.298 e. The van der Waals surface area contributed by atoms with Crippen LogP contribution in [-0.2, 0) is 20.7 Å². The number of sulfonamides is 1. The van der Waals surface area contributed by atoms with Gasteiger partial charge in [-0.1, -0.05) is 48.0 Å². The summed E-state index contributed by atoms with van der Waals surface area (Å²) in [7, 11) is -4.53. The van der Waals surface area contributed by atoms with E-state index in [1.165, 1.54) is 35.2 Å². The fraction of sp³-hybridized carbons (Fsp3) is 0.364. The largest absolute Gasteiger partial charge is 0.490 e. The second-order valence-electron chi connectivity index (χ2n) is 11.7. The van der Waals surface area contributed by atoms with Crippen molar-refractivity contribution >= 4 is 49.0 Å². The van der Waals surface area contributed by atoms with Crippen molar-refractivity contribution < 1.29 is 26.7 Å². The molecule has 45 heavy (non-hydrogen) atoms. The number of nitrogens with zero attached hydrogens (tertiary/aromatic N) is 1.